The molecule has 5 heteroatoms. The second kappa shape index (κ2) is 5.46. The number of hydrogen-bond acceptors (Lipinski definition) is 5. The normalized spacial score (nSPS) is 25.5. The molecule has 1 N–H and O–H groups in total. The van der Waals surface area contributed by atoms with Crippen molar-refractivity contribution in [3.8, 4) is 0 Å². The highest BCUT2D eigenvalue weighted by Gasteiger charge is 2.27. The van der Waals surface area contributed by atoms with E-state index in [9.17, 15) is 5.11 Å². The van der Waals surface area contributed by atoms with E-state index in [1.165, 1.54) is 28.7 Å². The Balaban J connectivity index is 1.86. The summed E-state index contributed by atoms with van der Waals surface area (Å²) in [5, 5.41) is 11.3. The van der Waals surface area contributed by atoms with Crippen molar-refractivity contribution in [1.82, 2.24) is 9.97 Å². The molecule has 2 atom stereocenters. The van der Waals surface area contributed by atoms with Crippen molar-refractivity contribution < 1.29 is 5.11 Å². The third kappa shape index (κ3) is 2.40. The van der Waals surface area contributed by atoms with E-state index in [2.05, 4.69) is 11.8 Å². The third-order valence-corrected chi connectivity index (χ3v) is 6.09. The maximum absolute atomic E-state index is 10.0. The smallest absolute Gasteiger partial charge is 0.141 e. The van der Waals surface area contributed by atoms with Gasteiger partial charge < -0.3 is 10.0 Å². The van der Waals surface area contributed by atoms with E-state index < -0.39 is 0 Å². The highest BCUT2D eigenvalue weighted by Crippen LogP contribution is 2.41. The van der Waals surface area contributed by atoms with Crippen LogP contribution in [0.5, 0.6) is 0 Å². The van der Waals surface area contributed by atoms with Crippen LogP contribution in [0.1, 0.15) is 42.5 Å². The van der Waals surface area contributed by atoms with Gasteiger partial charge in [-0.2, -0.15) is 0 Å². The predicted octanol–water partition coefficient (Wildman–Crippen LogP) is 3.09. The minimum Gasteiger partial charge on any atom is -0.391 e. The van der Waals surface area contributed by atoms with Crippen LogP contribution in [0.2, 0.25) is 0 Å². The summed E-state index contributed by atoms with van der Waals surface area (Å²) in [4.78, 5) is 14.4. The molecule has 2 aromatic rings. The summed E-state index contributed by atoms with van der Waals surface area (Å²) in [5.74, 6) is 2.68. The van der Waals surface area contributed by atoms with Gasteiger partial charge in [0.05, 0.1) is 11.5 Å². The summed E-state index contributed by atoms with van der Waals surface area (Å²) in [6.07, 6.45) is 5.30. The van der Waals surface area contributed by atoms with Crippen LogP contribution in [-0.2, 0) is 12.8 Å². The van der Waals surface area contributed by atoms with Gasteiger partial charge in [-0.05, 0) is 50.5 Å². The van der Waals surface area contributed by atoms with E-state index in [0.29, 0.717) is 6.54 Å². The van der Waals surface area contributed by atoms with E-state index >= 15 is 0 Å². The summed E-state index contributed by atoms with van der Waals surface area (Å²) < 4.78 is 0. The average molecular weight is 317 g/mol. The Kier molecular flexibility index (Phi) is 3.57. The van der Waals surface area contributed by atoms with Crippen LogP contribution in [-0.4, -0.2) is 34.3 Å². The SMILES string of the molecule is Cc1nc(N2CCCC(O)C2)c2c3c(sc2n1)CC(C)CC3. The van der Waals surface area contributed by atoms with Gasteiger partial charge in [0, 0.05) is 18.0 Å². The number of aromatic nitrogens is 2. The minimum absolute atomic E-state index is 0.228. The van der Waals surface area contributed by atoms with Gasteiger partial charge in [-0.25, -0.2) is 9.97 Å². The molecule has 3 heterocycles. The van der Waals surface area contributed by atoms with Crippen LogP contribution < -0.4 is 4.90 Å². The van der Waals surface area contributed by atoms with Crippen LogP contribution in [0.3, 0.4) is 0 Å². The zero-order valence-electron chi connectivity index (χ0n) is 13.3. The first-order valence-corrected chi connectivity index (χ1v) is 9.15. The minimum atomic E-state index is -0.228. The quantitative estimate of drug-likeness (QED) is 0.878. The maximum atomic E-state index is 10.0. The number of β-amino-alcohol motifs (C(OH)–C–C–N with tert-alkyl or cyclic N) is 1. The molecule has 22 heavy (non-hydrogen) atoms. The molecule has 1 saturated heterocycles. The Morgan fingerprint density at radius 3 is 2.95 bits per heavy atom. The summed E-state index contributed by atoms with van der Waals surface area (Å²) in [6, 6.07) is 0. The zero-order valence-corrected chi connectivity index (χ0v) is 14.1. The second-order valence-corrected chi connectivity index (χ2v) is 7.95. The lowest BCUT2D eigenvalue weighted by Crippen LogP contribution is -2.39. The lowest BCUT2D eigenvalue weighted by atomic mass is 9.89. The van der Waals surface area contributed by atoms with E-state index in [-0.39, 0.29) is 6.10 Å². The Hall–Kier alpha value is -1.20. The lowest BCUT2D eigenvalue weighted by molar-refractivity contribution is 0.154. The zero-order chi connectivity index (χ0) is 15.3. The van der Waals surface area contributed by atoms with Crippen LogP contribution >= 0.6 is 11.3 Å². The fourth-order valence-electron chi connectivity index (χ4n) is 3.80. The summed E-state index contributed by atoms with van der Waals surface area (Å²) in [7, 11) is 0. The molecular formula is C17H23N3OS. The lowest BCUT2D eigenvalue weighted by Gasteiger charge is -2.32. The van der Waals surface area contributed by atoms with E-state index in [1.54, 1.807) is 0 Å². The molecular weight excluding hydrogens is 294 g/mol. The average Bonchev–Trinajstić information content (AvgIpc) is 2.83. The fraction of sp³-hybridized carbons (Fsp3) is 0.647. The Morgan fingerprint density at radius 1 is 1.27 bits per heavy atom. The molecule has 2 unspecified atom stereocenters. The molecule has 2 aliphatic rings. The van der Waals surface area contributed by atoms with E-state index in [4.69, 9.17) is 9.97 Å². The monoisotopic (exact) mass is 317 g/mol. The Morgan fingerprint density at radius 2 is 2.14 bits per heavy atom. The summed E-state index contributed by atoms with van der Waals surface area (Å²) in [6.45, 7) is 6.01. The summed E-state index contributed by atoms with van der Waals surface area (Å²) >= 11 is 1.86. The van der Waals surface area contributed by atoms with Gasteiger partial charge in [0.15, 0.2) is 0 Å². The molecule has 118 valence electrons. The second-order valence-electron chi connectivity index (χ2n) is 6.87. The molecule has 2 aromatic heterocycles. The van der Waals surface area contributed by atoms with E-state index in [1.807, 2.05) is 18.3 Å². The third-order valence-electron chi connectivity index (χ3n) is 4.94. The molecule has 1 fully saturated rings. The van der Waals surface area contributed by atoms with Gasteiger partial charge in [-0.15, -0.1) is 11.3 Å². The number of aliphatic hydroxyl groups excluding tert-OH is 1. The number of aryl methyl sites for hydroxylation is 2. The van der Waals surface area contributed by atoms with Crippen molar-refractivity contribution in [1.29, 1.82) is 0 Å². The van der Waals surface area contributed by atoms with Gasteiger partial charge in [0.1, 0.15) is 16.5 Å². The first-order valence-electron chi connectivity index (χ1n) is 8.33. The molecule has 4 rings (SSSR count). The first kappa shape index (κ1) is 14.4. The molecule has 0 saturated carbocycles. The van der Waals surface area contributed by atoms with Crippen molar-refractivity contribution in [2.75, 3.05) is 18.0 Å². The van der Waals surface area contributed by atoms with Crippen molar-refractivity contribution in [2.24, 2.45) is 5.92 Å². The van der Waals surface area contributed by atoms with Gasteiger partial charge in [-0.1, -0.05) is 6.92 Å². The van der Waals surface area contributed by atoms with Crippen molar-refractivity contribution >= 4 is 27.4 Å². The number of piperidine rings is 1. The van der Waals surface area contributed by atoms with Crippen molar-refractivity contribution in [2.45, 2.75) is 52.1 Å². The van der Waals surface area contributed by atoms with Crippen LogP contribution in [0.25, 0.3) is 10.2 Å². The van der Waals surface area contributed by atoms with Crippen molar-refractivity contribution in [3.05, 3.63) is 16.3 Å². The highest BCUT2D eigenvalue weighted by atomic mass is 32.1. The maximum Gasteiger partial charge on any atom is 0.141 e. The molecule has 0 amide bonds. The molecule has 4 nitrogen and oxygen atoms in total. The Bertz CT molecular complexity index is 711. The number of hydrogen-bond donors (Lipinski definition) is 1. The van der Waals surface area contributed by atoms with Crippen molar-refractivity contribution in [3.63, 3.8) is 0 Å². The molecule has 0 spiro atoms. The molecule has 0 aromatic carbocycles. The summed E-state index contributed by atoms with van der Waals surface area (Å²) in [5.41, 5.74) is 1.48. The number of thiophene rings is 1. The Labute approximate surface area is 135 Å². The van der Waals surface area contributed by atoms with Crippen LogP contribution in [0, 0.1) is 12.8 Å². The van der Waals surface area contributed by atoms with Crippen LogP contribution in [0.4, 0.5) is 5.82 Å². The molecule has 1 aliphatic carbocycles. The standard InChI is InChI=1S/C17H23N3OS/c1-10-5-6-13-14(8-10)22-17-15(13)16(18-11(2)19-17)20-7-3-4-12(21)9-20/h10,12,21H,3-9H2,1-2H3. The van der Waals surface area contributed by atoms with Gasteiger partial charge in [0.25, 0.3) is 0 Å². The number of rotatable bonds is 1. The highest BCUT2D eigenvalue weighted by molar-refractivity contribution is 7.19. The number of anilines is 1. The predicted molar refractivity (Wildman–Crippen MR) is 90.8 cm³/mol. The van der Waals surface area contributed by atoms with Crippen LogP contribution in [0.15, 0.2) is 0 Å². The molecule has 0 radical (unpaired) electrons. The van der Waals surface area contributed by atoms with E-state index in [0.717, 1.165) is 48.2 Å². The number of aliphatic hydroxyl groups is 1. The molecule has 0 bridgehead atoms. The van der Waals surface area contributed by atoms with Gasteiger partial charge >= 0.3 is 0 Å². The van der Waals surface area contributed by atoms with Gasteiger partial charge in [0.2, 0.25) is 0 Å². The van der Waals surface area contributed by atoms with Gasteiger partial charge in [-0.3, -0.25) is 0 Å². The first-order chi connectivity index (χ1) is 10.6. The largest absolute Gasteiger partial charge is 0.391 e. The topological polar surface area (TPSA) is 49.2 Å². The molecule has 1 aliphatic heterocycles. The number of fused-ring (bicyclic) bond motifs is 3. The number of nitrogens with zero attached hydrogens (tertiary/aromatic N) is 3. The fourth-order valence-corrected chi connectivity index (χ4v) is 5.23.